The Morgan fingerprint density at radius 1 is 1.11 bits per heavy atom. The van der Waals surface area contributed by atoms with E-state index in [1.807, 2.05) is 0 Å². The van der Waals surface area contributed by atoms with Crippen LogP contribution in [-0.4, -0.2) is 53.5 Å². The Morgan fingerprint density at radius 2 is 1.91 bits per heavy atom. The summed E-state index contributed by atoms with van der Waals surface area (Å²) in [6.45, 7) is 0.248. The number of halogens is 6. The Hall–Kier alpha value is -4.16. The lowest BCUT2D eigenvalue weighted by Crippen LogP contribution is -2.23. The van der Waals surface area contributed by atoms with Crippen LogP contribution in [0.3, 0.4) is 0 Å². The average Bonchev–Trinajstić information content (AvgIpc) is 3.63. The monoisotopic (exact) mass is 644 g/mol. The lowest BCUT2D eigenvalue weighted by Gasteiger charge is -2.13. The molecule has 236 valence electrons. The van der Waals surface area contributed by atoms with Crippen LogP contribution in [0.4, 0.5) is 26.3 Å². The molecule has 11 nitrogen and oxygen atoms in total. The van der Waals surface area contributed by atoms with Crippen LogP contribution in [-0.2, 0) is 32.2 Å². The molecular formula is C26H26F6N8O3S. The Kier molecular flexibility index (Phi) is 10.5. The van der Waals surface area contributed by atoms with Gasteiger partial charge in [-0.25, -0.2) is 9.07 Å². The number of amides is 1. The van der Waals surface area contributed by atoms with Crippen molar-refractivity contribution in [1.82, 2.24) is 40.8 Å². The molecule has 4 rings (SSSR count). The summed E-state index contributed by atoms with van der Waals surface area (Å²) in [6, 6.07) is 7.55. The molecule has 2 atom stereocenters. The zero-order valence-electron chi connectivity index (χ0n) is 22.9. The number of hydrogen-bond acceptors (Lipinski definition) is 10. The van der Waals surface area contributed by atoms with Gasteiger partial charge in [-0.3, -0.25) is 15.1 Å². The summed E-state index contributed by atoms with van der Waals surface area (Å²) in [6.07, 6.45) is -8.10. The van der Waals surface area contributed by atoms with Gasteiger partial charge in [-0.05, 0) is 36.2 Å². The van der Waals surface area contributed by atoms with Crippen LogP contribution in [0.5, 0.6) is 5.75 Å². The van der Waals surface area contributed by atoms with Crippen LogP contribution in [0.1, 0.15) is 56.9 Å². The molecule has 3 aromatic heterocycles. The summed E-state index contributed by atoms with van der Waals surface area (Å²) in [7, 11) is 0. The predicted molar refractivity (Wildman–Crippen MR) is 143 cm³/mol. The maximum absolute atomic E-state index is 14.7. The minimum absolute atomic E-state index is 0.000102. The van der Waals surface area contributed by atoms with Gasteiger partial charge in [0.15, 0.2) is 16.9 Å². The second-order valence-corrected chi connectivity index (χ2v) is 10.6. The SMILES string of the molecule is CC(F)(F)Oc1cccc(CNC(=O)c2cn(CC(F)CCc3nnc(C(O)NCc4cc(C(F)(F)F)ccn4)s3)nn2)c1. The molecule has 0 fully saturated rings. The van der Waals surface area contributed by atoms with E-state index in [0.717, 1.165) is 29.7 Å². The van der Waals surface area contributed by atoms with Crippen molar-refractivity contribution < 1.29 is 41.0 Å². The number of nitrogens with zero attached hydrogens (tertiary/aromatic N) is 6. The minimum Gasteiger partial charge on any atom is -0.433 e. The van der Waals surface area contributed by atoms with E-state index in [-0.39, 0.29) is 54.6 Å². The van der Waals surface area contributed by atoms with Crippen molar-refractivity contribution in [3.63, 3.8) is 0 Å². The van der Waals surface area contributed by atoms with Crippen molar-refractivity contribution >= 4 is 17.2 Å². The molecule has 44 heavy (non-hydrogen) atoms. The number of aliphatic hydroxyl groups excluding tert-OH is 1. The summed E-state index contributed by atoms with van der Waals surface area (Å²) >= 11 is 1.01. The van der Waals surface area contributed by atoms with Crippen molar-refractivity contribution in [3.05, 3.63) is 81.3 Å². The van der Waals surface area contributed by atoms with E-state index < -0.39 is 36.2 Å². The molecule has 0 saturated heterocycles. The van der Waals surface area contributed by atoms with Crippen LogP contribution >= 0.6 is 11.3 Å². The Bertz CT molecular complexity index is 1540. The first kappa shape index (κ1) is 32.7. The number of rotatable bonds is 14. The van der Waals surface area contributed by atoms with Crippen LogP contribution in [0.25, 0.3) is 0 Å². The number of aryl methyl sites for hydroxylation is 1. The zero-order chi connectivity index (χ0) is 31.9. The normalized spacial score (nSPS) is 13.5. The van der Waals surface area contributed by atoms with Gasteiger partial charge in [0.1, 0.15) is 16.9 Å². The fourth-order valence-corrected chi connectivity index (χ4v) is 4.60. The number of nitrogens with one attached hydrogen (secondary N) is 2. The molecule has 2 unspecified atom stereocenters. The molecule has 3 N–H and O–H groups in total. The number of hydrogen-bond donors (Lipinski definition) is 3. The number of aromatic nitrogens is 6. The second-order valence-electron chi connectivity index (χ2n) is 9.55. The van der Waals surface area contributed by atoms with Crippen LogP contribution in [0.15, 0.2) is 48.8 Å². The van der Waals surface area contributed by atoms with Gasteiger partial charge in [-0.15, -0.1) is 15.3 Å². The molecule has 0 spiro atoms. The van der Waals surface area contributed by atoms with Gasteiger partial charge >= 0.3 is 12.3 Å². The van der Waals surface area contributed by atoms with Crippen LogP contribution in [0.2, 0.25) is 0 Å². The molecule has 1 amide bonds. The van der Waals surface area contributed by atoms with Gasteiger partial charge in [0.2, 0.25) is 0 Å². The summed E-state index contributed by atoms with van der Waals surface area (Å²) < 4.78 is 85.0. The summed E-state index contributed by atoms with van der Waals surface area (Å²) in [5.74, 6) is -0.662. The highest BCUT2D eigenvalue weighted by Crippen LogP contribution is 2.29. The lowest BCUT2D eigenvalue weighted by molar-refractivity contribution is -0.159. The summed E-state index contributed by atoms with van der Waals surface area (Å²) in [5, 5.41) is 31.3. The van der Waals surface area contributed by atoms with Gasteiger partial charge in [0.05, 0.1) is 24.0 Å². The third kappa shape index (κ3) is 9.95. The number of alkyl halides is 6. The third-order valence-electron chi connectivity index (χ3n) is 5.81. The number of carbonyl (C=O) groups excluding carboxylic acids is 1. The Labute approximate surface area is 250 Å². The molecule has 3 heterocycles. The molecule has 0 aliphatic rings. The highest BCUT2D eigenvalue weighted by molar-refractivity contribution is 7.11. The van der Waals surface area contributed by atoms with Gasteiger partial charge < -0.3 is 15.2 Å². The Balaban J connectivity index is 1.20. The van der Waals surface area contributed by atoms with Crippen molar-refractivity contribution in [2.24, 2.45) is 0 Å². The Morgan fingerprint density at radius 3 is 2.66 bits per heavy atom. The third-order valence-corrected chi connectivity index (χ3v) is 6.85. The first-order valence-corrected chi connectivity index (χ1v) is 13.8. The van der Waals surface area contributed by atoms with E-state index in [4.69, 9.17) is 0 Å². The van der Waals surface area contributed by atoms with Crippen molar-refractivity contribution in [2.45, 2.75) is 64.1 Å². The van der Waals surface area contributed by atoms with Crippen LogP contribution in [0, 0.1) is 0 Å². The van der Waals surface area contributed by atoms with E-state index in [9.17, 15) is 36.2 Å². The maximum atomic E-state index is 14.7. The molecular weight excluding hydrogens is 618 g/mol. The summed E-state index contributed by atoms with van der Waals surface area (Å²) in [4.78, 5) is 16.3. The first-order chi connectivity index (χ1) is 20.7. The van der Waals surface area contributed by atoms with Gasteiger partial charge in [0.25, 0.3) is 5.91 Å². The quantitative estimate of drug-likeness (QED) is 0.136. The van der Waals surface area contributed by atoms with Crippen molar-refractivity contribution in [1.29, 1.82) is 0 Å². The number of aliphatic hydroxyl groups is 1. The fourth-order valence-electron chi connectivity index (χ4n) is 3.78. The predicted octanol–water partition coefficient (Wildman–Crippen LogP) is 4.22. The molecule has 4 aromatic rings. The van der Waals surface area contributed by atoms with Gasteiger partial charge in [-0.1, -0.05) is 28.7 Å². The molecule has 0 aliphatic carbocycles. The molecule has 0 bridgehead atoms. The maximum Gasteiger partial charge on any atom is 0.416 e. The molecule has 0 radical (unpaired) electrons. The number of ether oxygens (including phenoxy) is 1. The first-order valence-electron chi connectivity index (χ1n) is 13.0. The van der Waals surface area contributed by atoms with E-state index in [0.29, 0.717) is 17.5 Å². The molecule has 18 heteroatoms. The smallest absolute Gasteiger partial charge is 0.416 e. The average molecular weight is 645 g/mol. The number of benzene rings is 1. The lowest BCUT2D eigenvalue weighted by atomic mass is 10.2. The van der Waals surface area contributed by atoms with Crippen molar-refractivity contribution in [2.75, 3.05) is 0 Å². The molecule has 0 aliphatic heterocycles. The van der Waals surface area contributed by atoms with E-state index >= 15 is 0 Å². The van der Waals surface area contributed by atoms with Crippen LogP contribution < -0.4 is 15.4 Å². The number of carbonyl (C=O) groups is 1. The zero-order valence-corrected chi connectivity index (χ0v) is 23.7. The highest BCUT2D eigenvalue weighted by Gasteiger charge is 2.30. The van der Waals surface area contributed by atoms with E-state index in [1.165, 1.54) is 29.1 Å². The van der Waals surface area contributed by atoms with Gasteiger partial charge in [0, 0.05) is 32.6 Å². The highest BCUT2D eigenvalue weighted by atomic mass is 32.1. The largest absolute Gasteiger partial charge is 0.433 e. The molecule has 1 aromatic carbocycles. The number of pyridine rings is 1. The fraction of sp³-hybridized carbons (Fsp3) is 0.385. The van der Waals surface area contributed by atoms with E-state index in [2.05, 4.69) is 40.9 Å². The summed E-state index contributed by atoms with van der Waals surface area (Å²) in [5.41, 5.74) is -0.353. The van der Waals surface area contributed by atoms with E-state index in [1.54, 1.807) is 6.07 Å². The van der Waals surface area contributed by atoms with Crippen molar-refractivity contribution in [3.8, 4) is 5.75 Å². The topological polar surface area (TPSA) is 140 Å². The minimum atomic E-state index is -4.52. The molecule has 0 saturated carbocycles. The van der Waals surface area contributed by atoms with Gasteiger partial charge in [-0.2, -0.15) is 22.0 Å². The standard InChI is InChI=1S/C26H26F6N8O3S/c1-25(28,29)43-19-4-2-3-15(9-19)11-34-22(41)20-14-40(39-36-20)13-17(27)5-6-21-37-38-24(44-21)23(42)35-12-18-10-16(7-8-33-18)26(30,31)32/h2-4,7-10,14,17,23,35,42H,5-6,11-13H2,1H3,(H,34,41). The second kappa shape index (κ2) is 14.1.